The molecule has 0 bridgehead atoms. The Labute approximate surface area is 203 Å². The molecule has 35 heavy (non-hydrogen) atoms. The Balaban J connectivity index is 1.39. The van der Waals surface area contributed by atoms with E-state index in [2.05, 4.69) is 20.9 Å². The van der Waals surface area contributed by atoms with Gasteiger partial charge in [0, 0.05) is 57.3 Å². The van der Waals surface area contributed by atoms with Crippen molar-refractivity contribution >= 4 is 11.9 Å². The number of rotatable bonds is 5. The topological polar surface area (TPSA) is 62.9 Å². The first-order valence-electron chi connectivity index (χ1n) is 11.9. The average Bonchev–Trinajstić information content (AvgIpc) is 2.86. The predicted octanol–water partition coefficient (Wildman–Crippen LogP) is 4.23. The van der Waals surface area contributed by atoms with Gasteiger partial charge in [0.2, 0.25) is 5.96 Å². The summed E-state index contributed by atoms with van der Waals surface area (Å²) < 4.78 is 27.3. The number of alkyl halides is 2. The van der Waals surface area contributed by atoms with Gasteiger partial charge in [-0.3, -0.25) is 19.6 Å². The number of nitriles is 1. The van der Waals surface area contributed by atoms with E-state index in [-0.39, 0.29) is 18.0 Å². The van der Waals surface area contributed by atoms with Crippen LogP contribution in [0.4, 0.5) is 8.78 Å². The van der Waals surface area contributed by atoms with Gasteiger partial charge >= 0.3 is 0 Å². The molecule has 180 valence electrons. The Morgan fingerprint density at radius 2 is 1.89 bits per heavy atom. The van der Waals surface area contributed by atoms with Gasteiger partial charge in [-0.15, -0.1) is 0 Å². The van der Waals surface area contributed by atoms with E-state index in [0.29, 0.717) is 31.2 Å². The van der Waals surface area contributed by atoms with Crippen molar-refractivity contribution in [3.05, 3.63) is 82.1 Å². The molecule has 0 aromatic heterocycles. The largest absolute Gasteiger partial charge is 0.315 e. The number of guanidine groups is 1. The van der Waals surface area contributed by atoms with Crippen molar-refractivity contribution in [1.29, 1.82) is 5.26 Å². The van der Waals surface area contributed by atoms with Crippen LogP contribution in [0.2, 0.25) is 0 Å². The average molecular weight is 476 g/mol. The molecule has 0 saturated carbocycles. The summed E-state index contributed by atoms with van der Waals surface area (Å²) in [6.07, 6.45) is 1.68. The van der Waals surface area contributed by atoms with E-state index in [1.165, 1.54) is 12.1 Å². The molecule has 1 amide bonds. The van der Waals surface area contributed by atoms with Crippen molar-refractivity contribution in [2.45, 2.75) is 38.8 Å². The molecular weight excluding hydrogens is 448 g/mol. The van der Waals surface area contributed by atoms with Crippen molar-refractivity contribution in [1.82, 2.24) is 14.7 Å². The number of carbonyl (C=O) groups is 1. The van der Waals surface area contributed by atoms with Crippen LogP contribution in [0.1, 0.15) is 42.0 Å². The van der Waals surface area contributed by atoms with Gasteiger partial charge in [0.15, 0.2) is 0 Å². The van der Waals surface area contributed by atoms with Crippen molar-refractivity contribution in [3.8, 4) is 6.07 Å². The maximum Gasteiger partial charge on any atom is 0.270 e. The number of amides is 1. The van der Waals surface area contributed by atoms with Gasteiger partial charge < -0.3 is 4.90 Å². The van der Waals surface area contributed by atoms with Gasteiger partial charge in [-0.05, 0) is 29.7 Å². The molecule has 0 saturated heterocycles. The molecular formula is C27H27F2N5O. The Kier molecular flexibility index (Phi) is 6.12. The molecule has 5 rings (SSSR count). The van der Waals surface area contributed by atoms with Gasteiger partial charge in [0.05, 0.1) is 23.8 Å². The normalized spacial score (nSPS) is 18.7. The molecule has 0 aliphatic carbocycles. The fourth-order valence-electron chi connectivity index (χ4n) is 4.99. The molecule has 0 unspecified atom stereocenters. The Morgan fingerprint density at radius 1 is 1.09 bits per heavy atom. The summed E-state index contributed by atoms with van der Waals surface area (Å²) in [6.45, 7) is 4.64. The summed E-state index contributed by atoms with van der Waals surface area (Å²) in [4.78, 5) is 24.5. The summed E-state index contributed by atoms with van der Waals surface area (Å²) in [7, 11) is 0. The maximum atomic E-state index is 13.7. The minimum absolute atomic E-state index is 0.0451. The number of fused-ring (bicyclic) bond motifs is 2. The van der Waals surface area contributed by atoms with Gasteiger partial charge in [-0.1, -0.05) is 36.4 Å². The lowest BCUT2D eigenvalue weighted by Crippen LogP contribution is -2.56. The lowest BCUT2D eigenvalue weighted by molar-refractivity contribution is -0.125. The minimum Gasteiger partial charge on any atom is -0.315 e. The molecule has 0 spiro atoms. The van der Waals surface area contributed by atoms with Gasteiger partial charge in [0.1, 0.15) is 0 Å². The van der Waals surface area contributed by atoms with Crippen LogP contribution in [-0.2, 0) is 23.8 Å². The zero-order valence-corrected chi connectivity index (χ0v) is 19.7. The third-order valence-corrected chi connectivity index (χ3v) is 6.76. The first-order valence-corrected chi connectivity index (χ1v) is 11.9. The molecule has 0 radical (unpaired) electrons. The van der Waals surface area contributed by atoms with E-state index in [4.69, 9.17) is 0 Å². The first kappa shape index (κ1) is 23.2. The fraction of sp³-hybridized carbons (Fsp3) is 0.370. The van der Waals surface area contributed by atoms with Crippen molar-refractivity contribution in [2.24, 2.45) is 4.99 Å². The van der Waals surface area contributed by atoms with Gasteiger partial charge in [0.25, 0.3) is 11.8 Å². The number of benzene rings is 2. The smallest absolute Gasteiger partial charge is 0.270 e. The summed E-state index contributed by atoms with van der Waals surface area (Å²) in [5, 5.41) is 9.20. The maximum absolute atomic E-state index is 13.7. The summed E-state index contributed by atoms with van der Waals surface area (Å²) in [6, 6.07) is 15.9. The second-order valence-corrected chi connectivity index (χ2v) is 9.36. The van der Waals surface area contributed by atoms with Crippen molar-refractivity contribution in [3.63, 3.8) is 0 Å². The van der Waals surface area contributed by atoms with Crippen molar-refractivity contribution in [2.75, 3.05) is 26.2 Å². The molecule has 6 nitrogen and oxygen atoms in total. The molecule has 3 aliphatic heterocycles. The number of halogens is 2. The number of hydrogen-bond donors (Lipinski definition) is 0. The van der Waals surface area contributed by atoms with Crippen LogP contribution in [0.3, 0.4) is 0 Å². The number of hydrogen-bond acceptors (Lipinski definition) is 5. The second kappa shape index (κ2) is 9.23. The van der Waals surface area contributed by atoms with Gasteiger partial charge in [-0.2, -0.15) is 5.26 Å². The molecule has 0 N–H and O–H groups in total. The zero-order valence-electron chi connectivity index (χ0n) is 19.7. The summed E-state index contributed by atoms with van der Waals surface area (Å²) in [5.41, 5.74) is 4.22. The molecule has 0 fully saturated rings. The van der Waals surface area contributed by atoms with Crippen LogP contribution in [-0.4, -0.2) is 52.7 Å². The standard InChI is InChI=1S/C27H27F2N5O/c1-27(28,29)22-8-6-19(7-9-22)17-34-25(35)23-18-32(16-21-5-2-4-20(14-21)15-30)13-10-24(23)33-12-3-11-31-26(33)34/h2,4-9,14H,3,10-13,16-18H2,1H3. The Hall–Kier alpha value is -3.57. The van der Waals surface area contributed by atoms with Gasteiger partial charge in [-0.25, -0.2) is 8.78 Å². The molecule has 3 aliphatic rings. The SMILES string of the molecule is CC(F)(F)c1ccc(CN2C(=O)C3=C(CCN(Cc4cccc(C#N)c4)C3)N3CCCN=C23)cc1. The highest BCUT2D eigenvalue weighted by Crippen LogP contribution is 2.33. The molecule has 8 heteroatoms. The Bertz CT molecular complexity index is 1240. The predicted molar refractivity (Wildman–Crippen MR) is 128 cm³/mol. The van der Waals surface area contributed by atoms with E-state index < -0.39 is 5.92 Å². The quantitative estimate of drug-likeness (QED) is 0.649. The number of aliphatic imine (C=N–C) groups is 1. The number of carbonyl (C=O) groups excluding carboxylic acids is 1. The van der Waals surface area contributed by atoms with Crippen LogP contribution in [0.15, 0.2) is 64.8 Å². The monoisotopic (exact) mass is 475 g/mol. The van der Waals surface area contributed by atoms with Crippen LogP contribution in [0.25, 0.3) is 0 Å². The van der Waals surface area contributed by atoms with E-state index in [9.17, 15) is 18.8 Å². The highest BCUT2D eigenvalue weighted by atomic mass is 19.3. The fourth-order valence-corrected chi connectivity index (χ4v) is 4.99. The molecule has 3 heterocycles. The van der Waals surface area contributed by atoms with E-state index in [1.54, 1.807) is 23.1 Å². The molecule has 0 atom stereocenters. The minimum atomic E-state index is -2.90. The van der Waals surface area contributed by atoms with E-state index in [0.717, 1.165) is 55.3 Å². The Morgan fingerprint density at radius 3 is 2.63 bits per heavy atom. The summed E-state index contributed by atoms with van der Waals surface area (Å²) in [5.74, 6) is -2.31. The zero-order chi connectivity index (χ0) is 24.6. The number of nitrogens with zero attached hydrogens (tertiary/aromatic N) is 5. The highest BCUT2D eigenvalue weighted by Gasteiger charge is 2.40. The molecule has 2 aromatic carbocycles. The highest BCUT2D eigenvalue weighted by molar-refractivity contribution is 6.09. The van der Waals surface area contributed by atoms with E-state index >= 15 is 0 Å². The van der Waals surface area contributed by atoms with Crippen LogP contribution >= 0.6 is 0 Å². The summed E-state index contributed by atoms with van der Waals surface area (Å²) >= 11 is 0. The van der Waals surface area contributed by atoms with Crippen LogP contribution < -0.4 is 0 Å². The lowest BCUT2D eigenvalue weighted by atomic mass is 9.98. The second-order valence-electron chi connectivity index (χ2n) is 9.36. The van der Waals surface area contributed by atoms with Crippen molar-refractivity contribution < 1.29 is 13.6 Å². The first-order chi connectivity index (χ1) is 16.8. The third kappa shape index (κ3) is 4.69. The van der Waals surface area contributed by atoms with E-state index in [1.807, 2.05) is 18.2 Å². The molecule has 2 aromatic rings. The lowest BCUT2D eigenvalue weighted by Gasteiger charge is -2.45. The van der Waals surface area contributed by atoms with Crippen LogP contribution in [0.5, 0.6) is 0 Å². The third-order valence-electron chi connectivity index (χ3n) is 6.76. The van der Waals surface area contributed by atoms with Crippen LogP contribution in [0, 0.1) is 11.3 Å².